The molecule has 3 atom stereocenters. The fourth-order valence-electron chi connectivity index (χ4n) is 4.70. The zero-order valence-corrected chi connectivity index (χ0v) is 21.7. The van der Waals surface area contributed by atoms with Crippen molar-refractivity contribution in [3.8, 4) is 11.5 Å². The third-order valence-electron chi connectivity index (χ3n) is 6.51. The number of para-hydroxylation sites is 1. The molecule has 3 aromatic rings. The number of unbranched alkanes of at least 4 members (excludes halogenated alkanes) is 1. The third kappa shape index (κ3) is 4.35. The van der Waals surface area contributed by atoms with Crippen molar-refractivity contribution < 1.29 is 23.9 Å². The lowest BCUT2D eigenvalue weighted by Gasteiger charge is -2.29. The molecule has 2 saturated heterocycles. The SMILES string of the molecule is CCCCOc1ccc(N2C(=O)[C@@H]3[C@@H](ON(c4ccccc4)[C@H]3c3ccc(OC)c(Br)c3)C2=O)cc1. The number of hydrogen-bond donors (Lipinski definition) is 0. The van der Waals surface area contributed by atoms with Crippen LogP contribution in [-0.4, -0.2) is 31.6 Å². The van der Waals surface area contributed by atoms with E-state index in [1.54, 1.807) is 36.4 Å². The maximum atomic E-state index is 13.8. The number of rotatable bonds is 8. The average Bonchev–Trinajstić information content (AvgIpc) is 3.41. The fraction of sp³-hybridized carbons (Fsp3) is 0.286. The van der Waals surface area contributed by atoms with Crippen LogP contribution in [0, 0.1) is 5.92 Å². The van der Waals surface area contributed by atoms with E-state index in [9.17, 15) is 9.59 Å². The van der Waals surface area contributed by atoms with E-state index < -0.39 is 18.1 Å². The van der Waals surface area contributed by atoms with Crippen molar-refractivity contribution in [1.82, 2.24) is 0 Å². The molecule has 0 aliphatic carbocycles. The monoisotopic (exact) mass is 550 g/mol. The largest absolute Gasteiger partial charge is 0.496 e. The van der Waals surface area contributed by atoms with Gasteiger partial charge in [-0.15, -0.1) is 0 Å². The van der Waals surface area contributed by atoms with Gasteiger partial charge in [0.1, 0.15) is 17.4 Å². The minimum atomic E-state index is -0.927. The number of amides is 2. The molecule has 36 heavy (non-hydrogen) atoms. The van der Waals surface area contributed by atoms with E-state index in [0.29, 0.717) is 23.8 Å². The van der Waals surface area contributed by atoms with E-state index in [-0.39, 0.29) is 11.8 Å². The van der Waals surface area contributed by atoms with Gasteiger partial charge in [-0.05, 0) is 76.4 Å². The van der Waals surface area contributed by atoms with Crippen LogP contribution in [-0.2, 0) is 14.4 Å². The molecule has 5 rings (SSSR count). The molecule has 0 aromatic heterocycles. The zero-order chi connectivity index (χ0) is 25.2. The first-order valence-corrected chi connectivity index (χ1v) is 12.8. The van der Waals surface area contributed by atoms with E-state index in [0.717, 1.165) is 28.6 Å². The zero-order valence-electron chi connectivity index (χ0n) is 20.1. The number of ether oxygens (including phenoxy) is 2. The Balaban J connectivity index is 1.48. The lowest BCUT2D eigenvalue weighted by molar-refractivity contribution is -0.126. The second-order valence-electron chi connectivity index (χ2n) is 8.76. The first kappa shape index (κ1) is 24.3. The van der Waals surface area contributed by atoms with Crippen molar-refractivity contribution in [3.63, 3.8) is 0 Å². The molecule has 7 nitrogen and oxygen atoms in total. The van der Waals surface area contributed by atoms with Gasteiger partial charge in [-0.1, -0.05) is 37.6 Å². The highest BCUT2D eigenvalue weighted by atomic mass is 79.9. The molecule has 0 bridgehead atoms. The minimum absolute atomic E-state index is 0.292. The van der Waals surface area contributed by atoms with E-state index in [1.165, 1.54) is 4.90 Å². The van der Waals surface area contributed by atoms with E-state index in [1.807, 2.05) is 48.5 Å². The molecule has 2 amide bonds. The van der Waals surface area contributed by atoms with Crippen LogP contribution in [0.3, 0.4) is 0 Å². The molecule has 0 N–H and O–H groups in total. The highest BCUT2D eigenvalue weighted by Gasteiger charge is 2.60. The summed E-state index contributed by atoms with van der Waals surface area (Å²) < 4.78 is 11.9. The number of hydrogen-bond acceptors (Lipinski definition) is 6. The van der Waals surface area contributed by atoms with Crippen LogP contribution in [0.2, 0.25) is 0 Å². The van der Waals surface area contributed by atoms with Crippen molar-refractivity contribution in [3.05, 3.63) is 82.8 Å². The van der Waals surface area contributed by atoms with Crippen LogP contribution in [0.5, 0.6) is 11.5 Å². The predicted molar refractivity (Wildman–Crippen MR) is 140 cm³/mol. The van der Waals surface area contributed by atoms with Gasteiger partial charge in [0.25, 0.3) is 5.91 Å². The first-order chi connectivity index (χ1) is 17.5. The van der Waals surface area contributed by atoms with Gasteiger partial charge in [0.05, 0.1) is 35.6 Å². The Kier molecular flexibility index (Phi) is 6.98. The van der Waals surface area contributed by atoms with Crippen LogP contribution in [0.1, 0.15) is 31.4 Å². The Morgan fingerprint density at radius 3 is 2.36 bits per heavy atom. The molecule has 2 aliphatic rings. The number of anilines is 2. The predicted octanol–water partition coefficient (Wildman–Crippen LogP) is 5.69. The van der Waals surface area contributed by atoms with Crippen molar-refractivity contribution >= 4 is 39.1 Å². The molecule has 0 radical (unpaired) electrons. The summed E-state index contributed by atoms with van der Waals surface area (Å²) in [5.41, 5.74) is 2.11. The molecule has 186 valence electrons. The molecule has 3 aromatic carbocycles. The van der Waals surface area contributed by atoms with Crippen LogP contribution in [0.15, 0.2) is 77.3 Å². The number of methoxy groups -OCH3 is 1. The number of imide groups is 1. The summed E-state index contributed by atoms with van der Waals surface area (Å²) in [6.45, 7) is 2.73. The summed E-state index contributed by atoms with van der Waals surface area (Å²) in [4.78, 5) is 34.7. The van der Waals surface area contributed by atoms with E-state index in [4.69, 9.17) is 14.3 Å². The summed E-state index contributed by atoms with van der Waals surface area (Å²) in [5, 5.41) is 1.68. The van der Waals surface area contributed by atoms with Gasteiger partial charge in [0, 0.05) is 0 Å². The maximum absolute atomic E-state index is 13.8. The first-order valence-electron chi connectivity index (χ1n) is 12.0. The number of carbonyl (C=O) groups is 2. The summed E-state index contributed by atoms with van der Waals surface area (Å²) >= 11 is 3.55. The standard InChI is InChI=1S/C28H27BrN2O5/c1-3-4-16-35-21-13-11-19(12-14-21)30-27(32)24-25(18-10-15-23(34-2)22(29)17-18)31(36-26(24)28(30)33)20-8-6-5-7-9-20/h5-15,17,24-26H,3-4,16H2,1-2H3/t24-,25-,26+/m0/s1. The van der Waals surface area contributed by atoms with Crippen molar-refractivity contribution in [2.24, 2.45) is 5.92 Å². The average molecular weight is 551 g/mol. The Morgan fingerprint density at radius 1 is 0.944 bits per heavy atom. The molecular weight excluding hydrogens is 524 g/mol. The highest BCUT2D eigenvalue weighted by molar-refractivity contribution is 9.10. The van der Waals surface area contributed by atoms with Crippen LogP contribution in [0.4, 0.5) is 11.4 Å². The van der Waals surface area contributed by atoms with Gasteiger partial charge in [-0.25, -0.2) is 9.96 Å². The number of benzene rings is 3. The maximum Gasteiger partial charge on any atom is 0.266 e. The number of nitrogens with zero attached hydrogens (tertiary/aromatic N) is 2. The number of fused-ring (bicyclic) bond motifs is 1. The van der Waals surface area contributed by atoms with Crippen molar-refractivity contribution in [2.45, 2.75) is 31.9 Å². The molecule has 2 fully saturated rings. The van der Waals surface area contributed by atoms with Crippen molar-refractivity contribution in [1.29, 1.82) is 0 Å². The quantitative estimate of drug-likeness (QED) is 0.265. The Bertz CT molecular complexity index is 1250. The lowest BCUT2D eigenvalue weighted by Crippen LogP contribution is -2.37. The highest BCUT2D eigenvalue weighted by Crippen LogP contribution is 2.48. The molecule has 2 aliphatic heterocycles. The summed E-state index contributed by atoms with van der Waals surface area (Å²) in [6, 6.07) is 21.7. The number of halogens is 1. The Hall–Kier alpha value is -3.36. The molecule has 0 unspecified atom stereocenters. The Labute approximate surface area is 218 Å². The van der Waals surface area contributed by atoms with Gasteiger partial charge < -0.3 is 9.47 Å². The second kappa shape index (κ2) is 10.3. The molecule has 0 saturated carbocycles. The van der Waals surface area contributed by atoms with Gasteiger partial charge >= 0.3 is 0 Å². The lowest BCUT2D eigenvalue weighted by atomic mass is 9.90. The Morgan fingerprint density at radius 2 is 1.69 bits per heavy atom. The van der Waals surface area contributed by atoms with E-state index in [2.05, 4.69) is 22.9 Å². The van der Waals surface area contributed by atoms with Gasteiger partial charge in [0.2, 0.25) is 5.91 Å². The molecule has 0 spiro atoms. The number of carbonyl (C=O) groups excluding carboxylic acids is 2. The van der Waals surface area contributed by atoms with E-state index >= 15 is 0 Å². The van der Waals surface area contributed by atoms with Crippen LogP contribution < -0.4 is 19.4 Å². The van der Waals surface area contributed by atoms with Crippen LogP contribution in [0.25, 0.3) is 0 Å². The summed E-state index contributed by atoms with van der Waals surface area (Å²) in [6.07, 6.45) is 1.08. The molecular formula is C28H27BrN2O5. The van der Waals surface area contributed by atoms with Crippen molar-refractivity contribution in [2.75, 3.05) is 23.7 Å². The normalized spacial score (nSPS) is 21.1. The second-order valence-corrected chi connectivity index (χ2v) is 9.61. The fourth-order valence-corrected chi connectivity index (χ4v) is 5.26. The smallest absolute Gasteiger partial charge is 0.266 e. The third-order valence-corrected chi connectivity index (χ3v) is 7.12. The topological polar surface area (TPSA) is 68.3 Å². The minimum Gasteiger partial charge on any atom is -0.496 e. The molecule has 8 heteroatoms. The summed E-state index contributed by atoms with van der Waals surface area (Å²) in [7, 11) is 1.60. The number of hydroxylamine groups is 1. The molecule has 2 heterocycles. The van der Waals surface area contributed by atoms with Gasteiger partial charge in [-0.2, -0.15) is 0 Å². The van der Waals surface area contributed by atoms with Gasteiger partial charge in [0.15, 0.2) is 6.10 Å². The van der Waals surface area contributed by atoms with Crippen LogP contribution >= 0.6 is 15.9 Å². The van der Waals surface area contributed by atoms with Gasteiger partial charge in [-0.3, -0.25) is 14.4 Å². The summed E-state index contributed by atoms with van der Waals surface area (Å²) in [5.74, 6) is 0.00953.